The quantitative estimate of drug-likeness (QED) is 0.527. The minimum Gasteiger partial charge on any atom is -0.466 e. The molecule has 0 spiro atoms. The van der Waals surface area contributed by atoms with Crippen molar-refractivity contribution in [2.75, 3.05) is 7.11 Å². The Balaban J connectivity index is 2.58. The second-order valence-electron chi connectivity index (χ2n) is 7.51. The molecule has 0 fully saturated rings. The van der Waals surface area contributed by atoms with Crippen LogP contribution in [0, 0.1) is 5.92 Å². The summed E-state index contributed by atoms with van der Waals surface area (Å²) in [5.41, 5.74) is 1.07. The summed E-state index contributed by atoms with van der Waals surface area (Å²) in [7, 11) is 1.19. The maximum atomic E-state index is 13.2. The summed E-state index contributed by atoms with van der Waals surface area (Å²) in [4.78, 5) is 38.5. The fraction of sp³-hybridized carbons (Fsp3) is 0.458. The number of aliphatic hydroxyl groups is 2. The maximum Gasteiger partial charge on any atom is 0.335 e. The first-order chi connectivity index (χ1) is 14.8. The van der Waals surface area contributed by atoms with Gasteiger partial charge in [-0.15, -0.1) is 0 Å². The number of benzene rings is 1. The van der Waals surface area contributed by atoms with Gasteiger partial charge in [-0.25, -0.2) is 9.59 Å². The number of aliphatic hydroxyl groups excluding tert-OH is 2. The molecule has 0 radical (unpaired) electrons. The second-order valence-corrected chi connectivity index (χ2v) is 7.51. The molecule has 0 heterocycles. The summed E-state index contributed by atoms with van der Waals surface area (Å²) >= 11 is 0. The molecule has 7 heteroatoms. The molecule has 1 aromatic rings. The number of ether oxygens (including phenoxy) is 2. The Kier molecular flexibility index (Phi) is 9.15. The van der Waals surface area contributed by atoms with Crippen molar-refractivity contribution in [3.05, 3.63) is 58.7 Å². The van der Waals surface area contributed by atoms with Crippen molar-refractivity contribution in [3.8, 4) is 0 Å². The molecule has 2 rings (SSSR count). The number of carbonyl (C=O) groups is 3. The van der Waals surface area contributed by atoms with Crippen LogP contribution in [0.25, 0.3) is 0 Å². The van der Waals surface area contributed by atoms with E-state index in [1.807, 2.05) is 25.1 Å². The highest BCUT2D eigenvalue weighted by molar-refractivity contribution is 6.02. The van der Waals surface area contributed by atoms with E-state index in [1.54, 1.807) is 25.1 Å². The number of carbonyl (C=O) groups excluding carboxylic acids is 3. The van der Waals surface area contributed by atoms with Crippen LogP contribution in [0.2, 0.25) is 0 Å². The molecule has 0 unspecified atom stereocenters. The van der Waals surface area contributed by atoms with Gasteiger partial charge in [0.2, 0.25) is 0 Å². The summed E-state index contributed by atoms with van der Waals surface area (Å²) in [5.74, 6) is -3.09. The minimum atomic E-state index is -1.55. The first-order valence-corrected chi connectivity index (χ1v) is 10.4. The van der Waals surface area contributed by atoms with E-state index in [-0.39, 0.29) is 37.0 Å². The van der Waals surface area contributed by atoms with Gasteiger partial charge in [-0.2, -0.15) is 0 Å². The zero-order valence-electron chi connectivity index (χ0n) is 18.2. The van der Waals surface area contributed by atoms with Crippen molar-refractivity contribution in [2.45, 2.75) is 58.3 Å². The van der Waals surface area contributed by atoms with Gasteiger partial charge in [-0.1, -0.05) is 49.8 Å². The van der Waals surface area contributed by atoms with Crippen molar-refractivity contribution in [1.82, 2.24) is 0 Å². The largest absolute Gasteiger partial charge is 0.466 e. The highest BCUT2D eigenvalue weighted by Gasteiger charge is 2.39. The summed E-state index contributed by atoms with van der Waals surface area (Å²) < 4.78 is 10.4. The van der Waals surface area contributed by atoms with Crippen molar-refractivity contribution in [3.63, 3.8) is 0 Å². The lowest BCUT2D eigenvalue weighted by Gasteiger charge is -2.25. The molecule has 3 atom stereocenters. The van der Waals surface area contributed by atoms with Crippen LogP contribution in [-0.2, 0) is 30.5 Å². The first kappa shape index (κ1) is 24.5. The lowest BCUT2D eigenvalue weighted by atomic mass is 9.83. The highest BCUT2D eigenvalue weighted by Crippen LogP contribution is 2.33. The summed E-state index contributed by atoms with van der Waals surface area (Å²) in [6.45, 7) is 3.49. The Labute approximate surface area is 182 Å². The van der Waals surface area contributed by atoms with Gasteiger partial charge in [-0.05, 0) is 24.5 Å². The average molecular weight is 430 g/mol. The standard InChI is InChI=1S/C24H30O7/c1-4-9-17-21(24(29)31-14-15-10-7-6-8-11-15)18(23(28)30-3)12-16(5-2)19(25)13-20(26)22(17)27/h5-8,10-11,17,19,22,25,27H,4,9,12-14H2,1-3H3/b16-5+,21-18-/t17-,19+,22+/m1/s1. The summed E-state index contributed by atoms with van der Waals surface area (Å²) in [5, 5.41) is 21.2. The van der Waals surface area contributed by atoms with Gasteiger partial charge in [0, 0.05) is 18.8 Å². The molecular formula is C24H30O7. The molecule has 0 bridgehead atoms. The van der Waals surface area contributed by atoms with E-state index in [9.17, 15) is 24.6 Å². The Morgan fingerprint density at radius 1 is 1.16 bits per heavy atom. The Morgan fingerprint density at radius 2 is 1.84 bits per heavy atom. The van der Waals surface area contributed by atoms with Crippen LogP contribution in [0.1, 0.15) is 45.1 Å². The molecule has 0 aliphatic heterocycles. The van der Waals surface area contributed by atoms with Crippen LogP contribution >= 0.6 is 0 Å². The number of hydrogen-bond acceptors (Lipinski definition) is 7. The van der Waals surface area contributed by atoms with E-state index in [4.69, 9.17) is 9.47 Å². The molecule has 2 N–H and O–H groups in total. The third kappa shape index (κ3) is 6.12. The number of rotatable bonds is 6. The van der Waals surface area contributed by atoms with Crippen molar-refractivity contribution >= 4 is 17.7 Å². The molecule has 1 aromatic carbocycles. The monoisotopic (exact) mass is 430 g/mol. The van der Waals surface area contributed by atoms with Gasteiger partial charge < -0.3 is 19.7 Å². The van der Waals surface area contributed by atoms with E-state index >= 15 is 0 Å². The predicted octanol–water partition coefficient (Wildman–Crippen LogP) is 2.65. The molecule has 0 saturated heterocycles. The van der Waals surface area contributed by atoms with Crippen LogP contribution in [0.5, 0.6) is 0 Å². The SMILES string of the molecule is C/C=C1\C/C(C(=O)OC)=C(/C(=O)OCc2ccccc2)[C@@H](CCC)[C@H](O)C(=O)C[C@@H]1O. The van der Waals surface area contributed by atoms with E-state index in [2.05, 4.69) is 0 Å². The minimum absolute atomic E-state index is 0.0140. The molecular weight excluding hydrogens is 400 g/mol. The van der Waals surface area contributed by atoms with Gasteiger partial charge in [0.1, 0.15) is 12.7 Å². The zero-order valence-corrected chi connectivity index (χ0v) is 18.2. The molecule has 1 aliphatic carbocycles. The third-order valence-electron chi connectivity index (χ3n) is 5.45. The second kappa shape index (κ2) is 11.6. The van der Waals surface area contributed by atoms with Gasteiger partial charge in [-0.3, -0.25) is 4.79 Å². The van der Waals surface area contributed by atoms with Crippen molar-refractivity contribution in [1.29, 1.82) is 0 Å². The normalized spacial score (nSPS) is 26.0. The van der Waals surface area contributed by atoms with Crippen molar-refractivity contribution < 1.29 is 34.1 Å². The van der Waals surface area contributed by atoms with E-state index in [1.165, 1.54) is 7.11 Å². The molecule has 0 amide bonds. The van der Waals surface area contributed by atoms with Crippen LogP contribution < -0.4 is 0 Å². The summed E-state index contributed by atoms with van der Waals surface area (Å²) in [6, 6.07) is 9.05. The number of allylic oxidation sites excluding steroid dienone is 1. The Morgan fingerprint density at radius 3 is 2.42 bits per heavy atom. The molecule has 31 heavy (non-hydrogen) atoms. The third-order valence-corrected chi connectivity index (χ3v) is 5.45. The van der Waals surface area contributed by atoms with E-state index in [0.29, 0.717) is 12.0 Å². The predicted molar refractivity (Wildman–Crippen MR) is 114 cm³/mol. The lowest BCUT2D eigenvalue weighted by molar-refractivity contribution is -0.144. The lowest BCUT2D eigenvalue weighted by Crippen LogP contribution is -2.35. The van der Waals surface area contributed by atoms with Crippen LogP contribution in [-0.4, -0.2) is 47.3 Å². The van der Waals surface area contributed by atoms with Crippen LogP contribution in [0.15, 0.2) is 53.1 Å². The van der Waals surface area contributed by atoms with Crippen molar-refractivity contribution in [2.24, 2.45) is 5.92 Å². The maximum absolute atomic E-state index is 13.2. The van der Waals surface area contributed by atoms with Crippen LogP contribution in [0.3, 0.4) is 0 Å². The topological polar surface area (TPSA) is 110 Å². The molecule has 1 aliphatic rings. The zero-order chi connectivity index (χ0) is 23.0. The number of Topliss-reactive ketones (excluding diaryl/α,β-unsaturated/α-hetero) is 1. The Bertz CT molecular complexity index is 854. The fourth-order valence-electron chi connectivity index (χ4n) is 3.75. The molecule has 168 valence electrons. The van der Waals surface area contributed by atoms with Crippen LogP contribution in [0.4, 0.5) is 0 Å². The van der Waals surface area contributed by atoms with E-state index in [0.717, 1.165) is 5.56 Å². The smallest absolute Gasteiger partial charge is 0.335 e. The number of esters is 2. The number of ketones is 1. The molecule has 7 nitrogen and oxygen atoms in total. The fourth-order valence-corrected chi connectivity index (χ4v) is 3.75. The highest BCUT2D eigenvalue weighted by atomic mass is 16.5. The van der Waals surface area contributed by atoms with Gasteiger partial charge in [0.15, 0.2) is 5.78 Å². The molecule has 0 saturated carbocycles. The number of methoxy groups -OCH3 is 1. The number of hydrogen-bond donors (Lipinski definition) is 2. The Hall–Kier alpha value is -2.77. The summed E-state index contributed by atoms with van der Waals surface area (Å²) in [6.07, 6.45) is -0.677. The first-order valence-electron chi connectivity index (χ1n) is 10.4. The average Bonchev–Trinajstić information content (AvgIpc) is 2.81. The van der Waals surface area contributed by atoms with Gasteiger partial charge in [0.25, 0.3) is 0 Å². The van der Waals surface area contributed by atoms with Gasteiger partial charge in [0.05, 0.1) is 24.4 Å². The van der Waals surface area contributed by atoms with E-state index < -0.39 is 35.8 Å². The molecule has 0 aromatic heterocycles. The van der Waals surface area contributed by atoms with Gasteiger partial charge >= 0.3 is 11.9 Å².